The van der Waals surface area contributed by atoms with E-state index in [1.807, 2.05) is 0 Å². The smallest absolute Gasteiger partial charge is 0.0573 e. The summed E-state index contributed by atoms with van der Waals surface area (Å²) >= 11 is 0. The summed E-state index contributed by atoms with van der Waals surface area (Å²) in [6, 6.07) is 2.83. The number of hydrogen-bond acceptors (Lipinski definition) is 6. The Labute approximate surface area is 168 Å². The fourth-order valence-electron chi connectivity index (χ4n) is 4.07. The number of hydrogen-bond donors (Lipinski definition) is 6. The van der Waals surface area contributed by atoms with Crippen molar-refractivity contribution >= 4 is 0 Å². The third-order valence-electron chi connectivity index (χ3n) is 5.57. The highest BCUT2D eigenvalue weighted by Crippen LogP contribution is 2.12. The SMILES string of the molecule is C1CNCNC1.CC1CC(C)NC(C)N1.CCC1CC(CC)NC(CC)N1. The summed E-state index contributed by atoms with van der Waals surface area (Å²) in [5.74, 6) is 0. The molecule has 3 rings (SSSR count). The van der Waals surface area contributed by atoms with Gasteiger partial charge >= 0.3 is 0 Å². The minimum absolute atomic E-state index is 0.490. The molecule has 0 amide bonds. The Bertz CT molecular complexity index is 283. The minimum Gasteiger partial charge on any atom is -0.304 e. The fourth-order valence-corrected chi connectivity index (χ4v) is 4.07. The maximum atomic E-state index is 3.61. The molecule has 4 unspecified atom stereocenters. The maximum Gasteiger partial charge on any atom is 0.0573 e. The summed E-state index contributed by atoms with van der Waals surface area (Å²) in [7, 11) is 0. The molecule has 0 spiro atoms. The summed E-state index contributed by atoms with van der Waals surface area (Å²) in [4.78, 5) is 0. The first-order chi connectivity index (χ1) is 13.0. The molecule has 162 valence electrons. The van der Waals surface area contributed by atoms with Crippen LogP contribution in [0.3, 0.4) is 0 Å². The van der Waals surface area contributed by atoms with Gasteiger partial charge in [-0.25, -0.2) is 0 Å². The number of nitrogens with one attached hydrogen (secondary N) is 6. The Morgan fingerprint density at radius 2 is 1.19 bits per heavy atom. The van der Waals surface area contributed by atoms with Crippen molar-refractivity contribution in [2.75, 3.05) is 19.8 Å². The highest BCUT2D eigenvalue weighted by atomic mass is 15.2. The quantitative estimate of drug-likeness (QED) is 0.448. The van der Waals surface area contributed by atoms with Gasteiger partial charge in [0.15, 0.2) is 0 Å². The molecular weight excluding hydrogens is 336 g/mol. The van der Waals surface area contributed by atoms with Gasteiger partial charge in [0.2, 0.25) is 0 Å². The molecule has 3 aliphatic rings. The minimum atomic E-state index is 0.490. The molecule has 0 aromatic heterocycles. The molecule has 0 aliphatic carbocycles. The highest BCUT2D eigenvalue weighted by molar-refractivity contribution is 4.84. The van der Waals surface area contributed by atoms with Crippen molar-refractivity contribution in [2.45, 2.75) is 117 Å². The van der Waals surface area contributed by atoms with Crippen LogP contribution in [0.2, 0.25) is 0 Å². The van der Waals surface area contributed by atoms with Crippen molar-refractivity contribution in [1.29, 1.82) is 0 Å². The topological polar surface area (TPSA) is 72.2 Å². The van der Waals surface area contributed by atoms with Crippen molar-refractivity contribution in [3.05, 3.63) is 0 Å². The van der Waals surface area contributed by atoms with Crippen LogP contribution in [-0.2, 0) is 0 Å². The molecule has 0 aromatic rings. The molecule has 0 aromatic carbocycles. The maximum absolute atomic E-state index is 3.61. The predicted octanol–water partition coefficient (Wildman–Crippen LogP) is 2.08. The lowest BCUT2D eigenvalue weighted by Crippen LogP contribution is -2.57. The van der Waals surface area contributed by atoms with Crippen LogP contribution in [0, 0.1) is 0 Å². The zero-order valence-electron chi connectivity index (χ0n) is 18.8. The van der Waals surface area contributed by atoms with Crippen LogP contribution in [-0.4, -0.2) is 56.3 Å². The van der Waals surface area contributed by atoms with Gasteiger partial charge in [-0.1, -0.05) is 20.8 Å². The second-order valence-corrected chi connectivity index (χ2v) is 8.36. The molecule has 3 saturated heterocycles. The standard InChI is InChI=1S/C10H22N2.C7H16N2.C4H10N2/c1-4-8-7-9(5-2)12-10(6-3)11-8;1-5-4-6(2)9-7(3)8-5;1-2-5-4-6-3-1/h8-12H,4-7H2,1-3H3;5-9H,4H2,1-3H3;5-6H,1-4H2. The van der Waals surface area contributed by atoms with E-state index >= 15 is 0 Å². The van der Waals surface area contributed by atoms with Crippen molar-refractivity contribution < 1.29 is 0 Å². The van der Waals surface area contributed by atoms with Crippen LogP contribution >= 0.6 is 0 Å². The monoisotopic (exact) mass is 384 g/mol. The van der Waals surface area contributed by atoms with Crippen LogP contribution in [0.1, 0.15) is 80.1 Å². The fraction of sp³-hybridized carbons (Fsp3) is 1.00. The first kappa shape index (κ1) is 24.8. The lowest BCUT2D eigenvalue weighted by Gasteiger charge is -2.36. The second kappa shape index (κ2) is 14.7. The average molecular weight is 385 g/mol. The van der Waals surface area contributed by atoms with Crippen molar-refractivity contribution in [3.8, 4) is 0 Å². The van der Waals surface area contributed by atoms with E-state index in [9.17, 15) is 0 Å². The van der Waals surface area contributed by atoms with E-state index in [0.29, 0.717) is 24.4 Å². The summed E-state index contributed by atoms with van der Waals surface area (Å²) < 4.78 is 0. The van der Waals surface area contributed by atoms with Crippen LogP contribution < -0.4 is 31.9 Å². The van der Waals surface area contributed by atoms with Gasteiger partial charge in [-0.3, -0.25) is 21.3 Å². The number of rotatable bonds is 3. The largest absolute Gasteiger partial charge is 0.304 e. The molecule has 6 nitrogen and oxygen atoms in total. The van der Waals surface area contributed by atoms with Gasteiger partial charge in [-0.05, 0) is 72.4 Å². The van der Waals surface area contributed by atoms with Gasteiger partial charge in [0.05, 0.1) is 12.3 Å². The van der Waals surface area contributed by atoms with Crippen molar-refractivity contribution in [1.82, 2.24) is 31.9 Å². The molecule has 3 aliphatic heterocycles. The molecule has 3 heterocycles. The van der Waals surface area contributed by atoms with Crippen molar-refractivity contribution in [2.24, 2.45) is 0 Å². The third-order valence-corrected chi connectivity index (χ3v) is 5.57. The first-order valence-corrected chi connectivity index (χ1v) is 11.4. The summed E-state index contributed by atoms with van der Waals surface area (Å²) in [6.45, 7) is 16.8. The van der Waals surface area contributed by atoms with Crippen LogP contribution in [0.5, 0.6) is 0 Å². The van der Waals surface area contributed by atoms with Gasteiger partial charge in [0, 0.05) is 30.8 Å². The molecule has 0 saturated carbocycles. The van der Waals surface area contributed by atoms with Gasteiger partial charge in [-0.15, -0.1) is 0 Å². The molecule has 0 bridgehead atoms. The van der Waals surface area contributed by atoms with Crippen LogP contribution in [0.25, 0.3) is 0 Å². The van der Waals surface area contributed by atoms with Gasteiger partial charge in [0.1, 0.15) is 0 Å². The predicted molar refractivity (Wildman–Crippen MR) is 118 cm³/mol. The van der Waals surface area contributed by atoms with Crippen LogP contribution in [0.15, 0.2) is 0 Å². The van der Waals surface area contributed by atoms with E-state index in [4.69, 9.17) is 0 Å². The van der Waals surface area contributed by atoms with Crippen molar-refractivity contribution in [3.63, 3.8) is 0 Å². The molecule has 6 N–H and O–H groups in total. The lowest BCUT2D eigenvalue weighted by molar-refractivity contribution is 0.228. The van der Waals surface area contributed by atoms with Crippen LogP contribution in [0.4, 0.5) is 0 Å². The van der Waals surface area contributed by atoms with Gasteiger partial charge in [0.25, 0.3) is 0 Å². The van der Waals surface area contributed by atoms with Gasteiger partial charge < -0.3 is 10.6 Å². The Morgan fingerprint density at radius 3 is 1.48 bits per heavy atom. The third kappa shape index (κ3) is 11.4. The normalized spacial score (nSPS) is 36.7. The zero-order valence-corrected chi connectivity index (χ0v) is 18.8. The summed E-state index contributed by atoms with van der Waals surface area (Å²) in [6.07, 6.45) is 8.56. The van der Waals surface area contributed by atoms with E-state index in [1.54, 1.807) is 0 Å². The molecule has 4 atom stereocenters. The Hall–Kier alpha value is -0.240. The molecule has 0 radical (unpaired) electrons. The second-order valence-electron chi connectivity index (χ2n) is 8.36. The molecule has 6 heteroatoms. The van der Waals surface area contributed by atoms with E-state index in [-0.39, 0.29) is 0 Å². The Balaban J connectivity index is 0.000000214. The lowest BCUT2D eigenvalue weighted by atomic mass is 9.98. The molecular formula is C21H48N6. The van der Waals surface area contributed by atoms with Gasteiger partial charge in [-0.2, -0.15) is 0 Å². The highest BCUT2D eigenvalue weighted by Gasteiger charge is 2.23. The molecule has 3 fully saturated rings. The van der Waals surface area contributed by atoms with E-state index < -0.39 is 0 Å². The zero-order chi connectivity index (χ0) is 20.1. The summed E-state index contributed by atoms with van der Waals surface area (Å²) in [5.41, 5.74) is 0. The van der Waals surface area contributed by atoms with E-state index in [0.717, 1.165) is 18.8 Å². The molecule has 27 heavy (non-hydrogen) atoms. The Morgan fingerprint density at radius 1 is 0.667 bits per heavy atom. The first-order valence-electron chi connectivity index (χ1n) is 11.4. The summed E-state index contributed by atoms with van der Waals surface area (Å²) in [5, 5.41) is 20.4. The average Bonchev–Trinajstić information content (AvgIpc) is 2.68. The van der Waals surface area contributed by atoms with E-state index in [2.05, 4.69) is 73.4 Å². The Kier molecular flexibility index (Phi) is 13.5. The van der Waals surface area contributed by atoms with E-state index in [1.165, 1.54) is 51.6 Å².